The molecule has 0 spiro atoms. The van der Waals surface area contributed by atoms with Crippen molar-refractivity contribution in [3.05, 3.63) is 23.5 Å². The maximum absolute atomic E-state index is 10.2. The number of aromatic nitrogens is 1. The molecule has 5 heteroatoms. The predicted octanol–water partition coefficient (Wildman–Crippen LogP) is 1.23. The van der Waals surface area contributed by atoms with Crippen LogP contribution in [-0.4, -0.2) is 35.4 Å². The van der Waals surface area contributed by atoms with Gasteiger partial charge >= 0.3 is 0 Å². The Balaban J connectivity index is 1.91. The third kappa shape index (κ3) is 3.07. The lowest BCUT2D eigenvalue weighted by molar-refractivity contribution is -0.0286. The second kappa shape index (κ2) is 4.99. The van der Waals surface area contributed by atoms with Crippen LogP contribution in [0.2, 0.25) is 5.02 Å². The molecule has 1 saturated heterocycles. The highest BCUT2D eigenvalue weighted by Gasteiger charge is 2.29. The number of halogens is 1. The summed E-state index contributed by atoms with van der Waals surface area (Å²) in [7, 11) is 0. The van der Waals surface area contributed by atoms with Crippen molar-refractivity contribution in [1.29, 1.82) is 0 Å². The van der Waals surface area contributed by atoms with Crippen LogP contribution >= 0.6 is 11.6 Å². The van der Waals surface area contributed by atoms with E-state index in [1.807, 2.05) is 0 Å². The van der Waals surface area contributed by atoms with Crippen molar-refractivity contribution in [3.8, 4) is 5.75 Å². The molecule has 1 aromatic heterocycles. The van der Waals surface area contributed by atoms with Crippen LogP contribution in [0.5, 0.6) is 5.75 Å². The Kier molecular flexibility index (Phi) is 3.63. The Labute approximate surface area is 99.6 Å². The van der Waals surface area contributed by atoms with E-state index >= 15 is 0 Å². The molecule has 0 atom stereocenters. The highest BCUT2D eigenvalue weighted by molar-refractivity contribution is 6.30. The van der Waals surface area contributed by atoms with Gasteiger partial charge in [-0.3, -0.25) is 4.98 Å². The maximum Gasteiger partial charge on any atom is 0.139 e. The summed E-state index contributed by atoms with van der Waals surface area (Å²) in [5.74, 6) is 0.597. The van der Waals surface area contributed by atoms with Gasteiger partial charge in [0.25, 0.3) is 0 Å². The van der Waals surface area contributed by atoms with Gasteiger partial charge in [0.05, 0.1) is 11.2 Å². The number of hydrogen-bond donors (Lipinski definition) is 2. The first-order valence-corrected chi connectivity index (χ1v) is 5.72. The lowest BCUT2D eigenvalue weighted by Crippen LogP contribution is -2.45. The fourth-order valence-corrected chi connectivity index (χ4v) is 1.89. The maximum atomic E-state index is 10.2. The van der Waals surface area contributed by atoms with E-state index in [4.69, 9.17) is 16.3 Å². The van der Waals surface area contributed by atoms with Gasteiger partial charge in [-0.2, -0.15) is 0 Å². The first kappa shape index (κ1) is 11.6. The molecule has 0 unspecified atom stereocenters. The van der Waals surface area contributed by atoms with Crippen LogP contribution in [0.15, 0.2) is 18.5 Å². The second-order valence-corrected chi connectivity index (χ2v) is 4.54. The van der Waals surface area contributed by atoms with Crippen molar-refractivity contribution < 1.29 is 9.84 Å². The van der Waals surface area contributed by atoms with Crippen molar-refractivity contribution in [2.24, 2.45) is 0 Å². The van der Waals surface area contributed by atoms with Gasteiger partial charge in [0.1, 0.15) is 18.0 Å². The smallest absolute Gasteiger partial charge is 0.139 e. The van der Waals surface area contributed by atoms with Crippen molar-refractivity contribution in [2.75, 3.05) is 19.7 Å². The molecule has 88 valence electrons. The Morgan fingerprint density at radius 3 is 2.88 bits per heavy atom. The molecule has 2 heterocycles. The Hall–Kier alpha value is -0.840. The van der Waals surface area contributed by atoms with E-state index < -0.39 is 5.60 Å². The van der Waals surface area contributed by atoms with Crippen molar-refractivity contribution in [1.82, 2.24) is 10.3 Å². The Morgan fingerprint density at radius 2 is 2.19 bits per heavy atom. The molecule has 0 radical (unpaired) electrons. The molecule has 0 bridgehead atoms. The van der Waals surface area contributed by atoms with Crippen molar-refractivity contribution >= 4 is 11.6 Å². The van der Waals surface area contributed by atoms with Crippen LogP contribution in [0.1, 0.15) is 12.8 Å². The van der Waals surface area contributed by atoms with Crippen molar-refractivity contribution in [3.63, 3.8) is 0 Å². The van der Waals surface area contributed by atoms with E-state index in [0.29, 0.717) is 23.6 Å². The molecule has 4 nitrogen and oxygen atoms in total. The van der Waals surface area contributed by atoms with Crippen LogP contribution in [0, 0.1) is 0 Å². The summed E-state index contributed by atoms with van der Waals surface area (Å²) in [5, 5.41) is 13.9. The zero-order chi connectivity index (χ0) is 11.4. The summed E-state index contributed by atoms with van der Waals surface area (Å²) in [4.78, 5) is 3.92. The highest BCUT2D eigenvalue weighted by atomic mass is 35.5. The fourth-order valence-electron chi connectivity index (χ4n) is 1.73. The Morgan fingerprint density at radius 1 is 1.44 bits per heavy atom. The number of nitrogens with one attached hydrogen (secondary N) is 1. The lowest BCUT2D eigenvalue weighted by Gasteiger charge is -2.32. The van der Waals surface area contributed by atoms with Gasteiger partial charge in [0, 0.05) is 12.3 Å². The van der Waals surface area contributed by atoms with E-state index in [2.05, 4.69) is 10.3 Å². The largest absolute Gasteiger partial charge is 0.489 e. The number of ether oxygens (including phenoxy) is 1. The molecule has 1 aromatic rings. The van der Waals surface area contributed by atoms with Crippen LogP contribution < -0.4 is 10.1 Å². The molecule has 0 amide bonds. The third-order valence-electron chi connectivity index (χ3n) is 2.72. The van der Waals surface area contributed by atoms with Gasteiger partial charge < -0.3 is 15.2 Å². The number of pyridine rings is 1. The predicted molar refractivity (Wildman–Crippen MR) is 61.8 cm³/mol. The van der Waals surface area contributed by atoms with E-state index in [-0.39, 0.29) is 6.61 Å². The van der Waals surface area contributed by atoms with Crippen LogP contribution in [0.25, 0.3) is 0 Å². The molecule has 1 fully saturated rings. The number of aliphatic hydroxyl groups is 1. The number of rotatable bonds is 3. The first-order valence-electron chi connectivity index (χ1n) is 5.34. The molecule has 1 aliphatic rings. The second-order valence-electron chi connectivity index (χ2n) is 4.10. The van der Waals surface area contributed by atoms with Gasteiger partial charge in [-0.1, -0.05) is 11.6 Å². The molecule has 16 heavy (non-hydrogen) atoms. The lowest BCUT2D eigenvalue weighted by atomic mass is 9.94. The molecule has 1 aliphatic heterocycles. The normalized spacial score (nSPS) is 19.4. The average Bonchev–Trinajstić information content (AvgIpc) is 2.28. The fraction of sp³-hybridized carbons (Fsp3) is 0.545. The van der Waals surface area contributed by atoms with Gasteiger partial charge in [-0.25, -0.2) is 0 Å². The first-order chi connectivity index (χ1) is 7.68. The number of hydrogen-bond acceptors (Lipinski definition) is 4. The number of piperidine rings is 1. The van der Waals surface area contributed by atoms with Gasteiger partial charge in [0.2, 0.25) is 0 Å². The molecule has 2 N–H and O–H groups in total. The van der Waals surface area contributed by atoms with E-state index in [1.165, 1.54) is 0 Å². The van der Waals surface area contributed by atoms with E-state index in [0.717, 1.165) is 13.1 Å². The van der Waals surface area contributed by atoms with Gasteiger partial charge in [-0.05, 0) is 25.9 Å². The summed E-state index contributed by atoms with van der Waals surface area (Å²) >= 11 is 5.79. The SMILES string of the molecule is OC1(COc2cncc(Cl)c2)CCNCC1. The minimum atomic E-state index is -0.729. The molecule has 0 saturated carbocycles. The van der Waals surface area contributed by atoms with Gasteiger partial charge in [-0.15, -0.1) is 0 Å². The Bertz CT molecular complexity index is 354. The van der Waals surface area contributed by atoms with Crippen molar-refractivity contribution in [2.45, 2.75) is 18.4 Å². The summed E-state index contributed by atoms with van der Waals surface area (Å²) < 4.78 is 5.50. The van der Waals surface area contributed by atoms with Crippen LogP contribution in [0.4, 0.5) is 0 Å². The highest BCUT2D eigenvalue weighted by Crippen LogP contribution is 2.21. The topological polar surface area (TPSA) is 54.4 Å². The van der Waals surface area contributed by atoms with E-state index in [1.54, 1.807) is 18.5 Å². The summed E-state index contributed by atoms with van der Waals surface area (Å²) in [6, 6.07) is 1.69. The molecule has 0 aromatic carbocycles. The zero-order valence-corrected chi connectivity index (χ0v) is 9.70. The zero-order valence-electron chi connectivity index (χ0n) is 8.95. The summed E-state index contributed by atoms with van der Waals surface area (Å²) in [5.41, 5.74) is -0.729. The van der Waals surface area contributed by atoms with Crippen LogP contribution in [-0.2, 0) is 0 Å². The summed E-state index contributed by atoms with van der Waals surface area (Å²) in [6.45, 7) is 1.94. The molecule has 0 aliphatic carbocycles. The minimum absolute atomic E-state index is 0.288. The minimum Gasteiger partial charge on any atom is -0.489 e. The third-order valence-corrected chi connectivity index (χ3v) is 2.93. The monoisotopic (exact) mass is 242 g/mol. The van der Waals surface area contributed by atoms with E-state index in [9.17, 15) is 5.11 Å². The average molecular weight is 243 g/mol. The molecular formula is C11H15ClN2O2. The summed E-state index contributed by atoms with van der Waals surface area (Å²) in [6.07, 6.45) is 4.56. The molecule has 2 rings (SSSR count). The number of nitrogens with zero attached hydrogens (tertiary/aromatic N) is 1. The molecular weight excluding hydrogens is 228 g/mol. The van der Waals surface area contributed by atoms with Gasteiger partial charge in [0.15, 0.2) is 0 Å². The quantitative estimate of drug-likeness (QED) is 0.837. The van der Waals surface area contributed by atoms with Crippen LogP contribution in [0.3, 0.4) is 0 Å². The standard InChI is InChI=1S/C11H15ClN2O2/c12-9-5-10(7-14-6-9)16-8-11(15)1-3-13-4-2-11/h5-7,13,15H,1-4,8H2.